The van der Waals surface area contributed by atoms with Crippen LogP contribution in [-0.4, -0.2) is 25.2 Å². The molecule has 0 N–H and O–H groups in total. The molecule has 1 aliphatic rings. The third kappa shape index (κ3) is 4.58. The standard InChI is InChI=1S/C26H23FN4OS3/c1-26(2)12-19-20(13-32-26)35-23-21(19)22-29-30-25(34-15-17-8-10-18(27)11-9-17)31(22)24(28-23)33-14-16-6-4-3-5-7-16/h3-11H,12-15H2,1-2H3. The molecule has 1 aliphatic heterocycles. The van der Waals surface area contributed by atoms with Gasteiger partial charge in [-0.1, -0.05) is 66.0 Å². The molecule has 0 amide bonds. The Bertz CT molecular complexity index is 1510. The summed E-state index contributed by atoms with van der Waals surface area (Å²) in [6.07, 6.45) is 0.821. The number of halogens is 1. The van der Waals surface area contributed by atoms with Gasteiger partial charge in [0.25, 0.3) is 0 Å². The van der Waals surface area contributed by atoms with Gasteiger partial charge in [0.05, 0.1) is 17.6 Å². The Morgan fingerprint density at radius 1 is 0.971 bits per heavy atom. The predicted molar refractivity (Wildman–Crippen MR) is 141 cm³/mol. The van der Waals surface area contributed by atoms with Gasteiger partial charge in [0.2, 0.25) is 0 Å². The first-order chi connectivity index (χ1) is 17.0. The molecular formula is C26H23FN4OS3. The number of ether oxygens (including phenoxy) is 1. The van der Waals surface area contributed by atoms with Gasteiger partial charge in [-0.3, -0.25) is 0 Å². The lowest BCUT2D eigenvalue weighted by Gasteiger charge is -2.30. The van der Waals surface area contributed by atoms with Crippen molar-refractivity contribution in [3.05, 3.63) is 82.0 Å². The SMILES string of the molecule is CC1(C)Cc2c(sc3nc(SCc4ccccc4)n4c(SCc5ccc(F)cc5)nnc4c23)CO1. The van der Waals surface area contributed by atoms with E-state index in [0.717, 1.165) is 43.9 Å². The smallest absolute Gasteiger partial charge is 0.198 e. The minimum atomic E-state index is -0.230. The zero-order chi connectivity index (χ0) is 24.0. The summed E-state index contributed by atoms with van der Waals surface area (Å²) in [5.41, 5.74) is 4.18. The molecule has 9 heteroatoms. The topological polar surface area (TPSA) is 52.3 Å². The Morgan fingerprint density at radius 3 is 2.46 bits per heavy atom. The first kappa shape index (κ1) is 23.0. The summed E-state index contributed by atoms with van der Waals surface area (Å²) < 4.78 is 21.5. The van der Waals surface area contributed by atoms with Gasteiger partial charge >= 0.3 is 0 Å². The molecule has 2 aromatic carbocycles. The first-order valence-electron chi connectivity index (χ1n) is 11.3. The number of fused-ring (bicyclic) bond motifs is 5. The Labute approximate surface area is 215 Å². The van der Waals surface area contributed by atoms with Gasteiger partial charge in [-0.2, -0.15) is 0 Å². The van der Waals surface area contributed by atoms with E-state index in [1.165, 1.54) is 28.1 Å². The van der Waals surface area contributed by atoms with Crippen LogP contribution >= 0.6 is 34.9 Å². The summed E-state index contributed by atoms with van der Waals surface area (Å²) >= 11 is 4.98. The molecule has 0 aliphatic carbocycles. The summed E-state index contributed by atoms with van der Waals surface area (Å²) in [6.45, 7) is 4.85. The van der Waals surface area contributed by atoms with E-state index in [9.17, 15) is 4.39 Å². The van der Waals surface area contributed by atoms with Crippen molar-refractivity contribution in [2.75, 3.05) is 0 Å². The summed E-state index contributed by atoms with van der Waals surface area (Å²) in [4.78, 5) is 7.33. The number of nitrogens with zero attached hydrogens (tertiary/aromatic N) is 4. The molecule has 5 aromatic rings. The van der Waals surface area contributed by atoms with E-state index in [1.54, 1.807) is 34.9 Å². The van der Waals surface area contributed by atoms with Crippen LogP contribution in [0.1, 0.15) is 35.4 Å². The fraction of sp³-hybridized carbons (Fsp3) is 0.269. The van der Waals surface area contributed by atoms with Gasteiger partial charge in [0, 0.05) is 22.8 Å². The second-order valence-corrected chi connectivity index (χ2v) is 12.1. The molecule has 4 heterocycles. The van der Waals surface area contributed by atoms with Crippen LogP contribution in [0.2, 0.25) is 0 Å². The summed E-state index contributed by atoms with van der Waals surface area (Å²) in [5, 5.41) is 12.0. The van der Waals surface area contributed by atoms with Gasteiger partial charge < -0.3 is 4.74 Å². The van der Waals surface area contributed by atoms with E-state index in [1.807, 2.05) is 18.2 Å². The normalized spacial score (nSPS) is 15.1. The van der Waals surface area contributed by atoms with Gasteiger partial charge in [0.1, 0.15) is 10.6 Å². The Kier molecular flexibility index (Phi) is 6.04. The third-order valence-electron chi connectivity index (χ3n) is 6.01. The van der Waals surface area contributed by atoms with Crippen molar-refractivity contribution in [1.29, 1.82) is 0 Å². The number of rotatable bonds is 6. The molecule has 5 nitrogen and oxygen atoms in total. The van der Waals surface area contributed by atoms with E-state index in [-0.39, 0.29) is 11.4 Å². The molecule has 0 atom stereocenters. The van der Waals surface area contributed by atoms with Crippen LogP contribution in [0.15, 0.2) is 64.9 Å². The number of thioether (sulfide) groups is 2. The second kappa shape index (κ2) is 9.20. The monoisotopic (exact) mass is 522 g/mol. The molecule has 0 bridgehead atoms. The molecule has 0 spiro atoms. The highest BCUT2D eigenvalue weighted by Crippen LogP contribution is 2.42. The predicted octanol–water partition coefficient (Wildman–Crippen LogP) is 6.91. The molecule has 0 unspecified atom stereocenters. The van der Waals surface area contributed by atoms with Crippen molar-refractivity contribution >= 4 is 50.7 Å². The van der Waals surface area contributed by atoms with Crippen LogP contribution in [0.25, 0.3) is 15.9 Å². The lowest BCUT2D eigenvalue weighted by atomic mass is 9.94. The van der Waals surface area contributed by atoms with E-state index >= 15 is 0 Å². The Morgan fingerprint density at radius 2 is 1.69 bits per heavy atom. The molecule has 3 aromatic heterocycles. The fourth-order valence-corrected chi connectivity index (χ4v) is 7.28. The number of benzene rings is 2. The van der Waals surface area contributed by atoms with Gasteiger partial charge in [-0.15, -0.1) is 21.5 Å². The minimum absolute atomic E-state index is 0.223. The van der Waals surface area contributed by atoms with Crippen molar-refractivity contribution in [3.8, 4) is 0 Å². The first-order valence-corrected chi connectivity index (χ1v) is 14.1. The number of aromatic nitrogens is 4. The summed E-state index contributed by atoms with van der Waals surface area (Å²) in [5.74, 6) is 1.24. The van der Waals surface area contributed by atoms with Crippen LogP contribution < -0.4 is 0 Å². The van der Waals surface area contributed by atoms with Crippen molar-refractivity contribution in [3.63, 3.8) is 0 Å². The van der Waals surface area contributed by atoms with Crippen LogP contribution in [0.5, 0.6) is 0 Å². The molecule has 0 saturated heterocycles. The molecular weight excluding hydrogens is 500 g/mol. The molecule has 178 valence electrons. The van der Waals surface area contributed by atoms with Crippen molar-refractivity contribution in [1.82, 2.24) is 19.6 Å². The highest BCUT2D eigenvalue weighted by atomic mass is 32.2. The van der Waals surface area contributed by atoms with Gasteiger partial charge in [0.15, 0.2) is 16.0 Å². The van der Waals surface area contributed by atoms with Gasteiger partial charge in [-0.05, 0) is 42.7 Å². The molecule has 0 radical (unpaired) electrons. The number of hydrogen-bond acceptors (Lipinski definition) is 7. The Balaban J connectivity index is 1.44. The fourth-order valence-electron chi connectivity index (χ4n) is 4.23. The zero-order valence-electron chi connectivity index (χ0n) is 19.3. The molecule has 0 fully saturated rings. The summed E-state index contributed by atoms with van der Waals surface area (Å²) in [7, 11) is 0. The third-order valence-corrected chi connectivity index (χ3v) is 9.12. The lowest BCUT2D eigenvalue weighted by molar-refractivity contribution is -0.0379. The quantitative estimate of drug-likeness (QED) is 0.178. The highest BCUT2D eigenvalue weighted by Gasteiger charge is 2.31. The maximum atomic E-state index is 13.3. The number of thiophene rings is 1. The zero-order valence-corrected chi connectivity index (χ0v) is 21.8. The van der Waals surface area contributed by atoms with E-state index in [2.05, 4.69) is 52.7 Å². The maximum Gasteiger partial charge on any atom is 0.198 e. The average molecular weight is 523 g/mol. The molecule has 35 heavy (non-hydrogen) atoms. The Hall–Kier alpha value is -2.46. The number of hydrogen-bond donors (Lipinski definition) is 0. The van der Waals surface area contributed by atoms with Crippen molar-refractivity contribution < 1.29 is 9.13 Å². The van der Waals surface area contributed by atoms with Crippen molar-refractivity contribution in [2.45, 2.75) is 54.3 Å². The summed E-state index contributed by atoms with van der Waals surface area (Å²) in [6, 6.07) is 17.0. The minimum Gasteiger partial charge on any atom is -0.370 e. The van der Waals surface area contributed by atoms with Gasteiger partial charge in [-0.25, -0.2) is 13.8 Å². The van der Waals surface area contributed by atoms with E-state index in [0.29, 0.717) is 12.4 Å². The van der Waals surface area contributed by atoms with Crippen LogP contribution in [0, 0.1) is 5.82 Å². The van der Waals surface area contributed by atoms with Crippen LogP contribution in [-0.2, 0) is 29.3 Å². The largest absolute Gasteiger partial charge is 0.370 e. The van der Waals surface area contributed by atoms with Crippen molar-refractivity contribution in [2.24, 2.45) is 0 Å². The average Bonchev–Trinajstić information content (AvgIpc) is 3.43. The van der Waals surface area contributed by atoms with Crippen LogP contribution in [0.3, 0.4) is 0 Å². The van der Waals surface area contributed by atoms with Crippen LogP contribution in [0.4, 0.5) is 4.39 Å². The molecule has 6 rings (SSSR count). The molecule has 0 saturated carbocycles. The van der Waals surface area contributed by atoms with E-state index < -0.39 is 0 Å². The maximum absolute atomic E-state index is 13.3. The second-order valence-electron chi connectivity index (χ2n) is 9.13. The van der Waals surface area contributed by atoms with E-state index in [4.69, 9.17) is 9.72 Å². The highest BCUT2D eigenvalue weighted by molar-refractivity contribution is 7.99. The lowest BCUT2D eigenvalue weighted by Crippen LogP contribution is -2.31.